The Morgan fingerprint density at radius 3 is 1.87 bits per heavy atom. The van der Waals surface area contributed by atoms with Crippen molar-refractivity contribution < 1.29 is 76.6 Å². The zero-order valence-electron chi connectivity index (χ0n) is 23.7. The Kier molecular flexibility index (Phi) is 10.1. The number of carboxylic acids is 5. The van der Waals surface area contributed by atoms with E-state index in [0.717, 1.165) is 22.1 Å². The van der Waals surface area contributed by atoms with E-state index in [-0.39, 0.29) is 39.7 Å². The minimum Gasteiger partial charge on any atom is -0.488 e. The van der Waals surface area contributed by atoms with Crippen molar-refractivity contribution in [2.24, 2.45) is 0 Å². The molecule has 17 nitrogen and oxygen atoms in total. The van der Waals surface area contributed by atoms with Gasteiger partial charge in [-0.1, -0.05) is 0 Å². The standard InChI is InChI=1S/C28H23F2N3O14/c29-14-1-2-15(32(9-21(34)35)10-22(36)37)26(25(14)30)45-4-3-44-18-5-13-6-19(27-31-8-20(47-27)28(42)43)46-17(13)7-16(18)33(11-23(38)39)12-24(40)41/h1-2,5-8H,3-4,9-12H2,(H,34,35)(H,36,37)(H,38,39)(H,40,41)(H,42,43). The number of benzene rings is 2. The number of rotatable bonds is 17. The van der Waals surface area contributed by atoms with Gasteiger partial charge in [-0.25, -0.2) is 14.2 Å². The molecule has 0 unspecified atom stereocenters. The van der Waals surface area contributed by atoms with Gasteiger partial charge >= 0.3 is 29.8 Å². The van der Waals surface area contributed by atoms with Crippen LogP contribution in [0.3, 0.4) is 0 Å². The summed E-state index contributed by atoms with van der Waals surface area (Å²) in [5, 5.41) is 46.5. The maximum atomic E-state index is 14.8. The molecule has 5 N–H and O–H groups in total. The van der Waals surface area contributed by atoms with Crippen molar-refractivity contribution in [1.82, 2.24) is 4.98 Å². The lowest BCUT2D eigenvalue weighted by atomic mass is 10.2. The van der Waals surface area contributed by atoms with E-state index in [0.29, 0.717) is 6.07 Å². The fourth-order valence-corrected chi connectivity index (χ4v) is 4.32. The van der Waals surface area contributed by atoms with E-state index in [1.807, 2.05) is 0 Å². The number of hydrogen-bond acceptors (Lipinski definition) is 12. The van der Waals surface area contributed by atoms with Gasteiger partial charge in [0.2, 0.25) is 11.6 Å². The normalized spacial score (nSPS) is 10.9. The predicted octanol–water partition coefficient (Wildman–Crippen LogP) is 2.47. The molecule has 47 heavy (non-hydrogen) atoms. The first-order valence-corrected chi connectivity index (χ1v) is 13.1. The average molecular weight is 663 g/mol. The molecule has 0 atom stereocenters. The van der Waals surface area contributed by atoms with Crippen molar-refractivity contribution in [3.8, 4) is 23.1 Å². The molecule has 0 aliphatic carbocycles. The SMILES string of the molecule is O=C(O)CN(CC(=O)O)c1cc2oc(-c3ncc(C(=O)O)o3)cc2cc1OCCOc1c(N(CC(=O)O)CC(=O)O)ccc(F)c1F. The van der Waals surface area contributed by atoms with Gasteiger partial charge in [0.1, 0.15) is 50.7 Å². The summed E-state index contributed by atoms with van der Waals surface area (Å²) in [7, 11) is 0. The maximum absolute atomic E-state index is 14.8. The number of aromatic nitrogens is 1. The number of hydrogen-bond donors (Lipinski definition) is 5. The van der Waals surface area contributed by atoms with Gasteiger partial charge in [0, 0.05) is 11.5 Å². The Bertz CT molecular complexity index is 1820. The molecule has 0 aliphatic heterocycles. The summed E-state index contributed by atoms with van der Waals surface area (Å²) in [4.78, 5) is 62.3. The van der Waals surface area contributed by atoms with Crippen LogP contribution < -0.4 is 19.3 Å². The summed E-state index contributed by atoms with van der Waals surface area (Å²) < 4.78 is 50.8. The number of fused-ring (bicyclic) bond motifs is 1. The van der Waals surface area contributed by atoms with Gasteiger partial charge in [0.25, 0.3) is 5.89 Å². The summed E-state index contributed by atoms with van der Waals surface area (Å²) in [6.45, 7) is -4.42. The van der Waals surface area contributed by atoms with Crippen LogP contribution >= 0.6 is 0 Å². The molecule has 0 bridgehead atoms. The minimum atomic E-state index is -1.54. The van der Waals surface area contributed by atoms with E-state index in [9.17, 15) is 53.2 Å². The fraction of sp³-hybridized carbons (Fsp3) is 0.214. The van der Waals surface area contributed by atoms with Crippen LogP contribution in [0.4, 0.5) is 20.2 Å². The lowest BCUT2D eigenvalue weighted by Crippen LogP contribution is -2.35. The third-order valence-corrected chi connectivity index (χ3v) is 6.13. The molecule has 4 aromatic rings. The van der Waals surface area contributed by atoms with E-state index in [4.69, 9.17) is 23.4 Å². The monoisotopic (exact) mass is 663 g/mol. The number of carbonyl (C=O) groups is 5. The first kappa shape index (κ1) is 33.5. The smallest absolute Gasteiger partial charge is 0.373 e. The number of aliphatic carboxylic acids is 4. The first-order chi connectivity index (χ1) is 22.2. The van der Waals surface area contributed by atoms with Gasteiger partial charge in [-0.2, -0.15) is 4.39 Å². The number of halogens is 2. The Morgan fingerprint density at radius 2 is 1.32 bits per heavy atom. The van der Waals surface area contributed by atoms with Gasteiger partial charge in [-0.05, 0) is 24.3 Å². The molecule has 0 aliphatic rings. The average Bonchev–Trinajstić information content (AvgIpc) is 3.63. The Morgan fingerprint density at radius 1 is 0.745 bits per heavy atom. The highest BCUT2D eigenvalue weighted by molar-refractivity contribution is 5.90. The van der Waals surface area contributed by atoms with Crippen molar-refractivity contribution in [2.75, 3.05) is 49.2 Å². The molecule has 0 radical (unpaired) electrons. The summed E-state index contributed by atoms with van der Waals surface area (Å²) in [6, 6.07) is 5.55. The molecular formula is C28H23F2N3O14. The molecule has 248 valence electrons. The van der Waals surface area contributed by atoms with Crippen LogP contribution in [0.25, 0.3) is 22.6 Å². The Hall–Kier alpha value is -6.40. The molecule has 0 fully saturated rings. The molecule has 4 rings (SSSR count). The zero-order valence-corrected chi connectivity index (χ0v) is 23.7. The van der Waals surface area contributed by atoms with Crippen LogP contribution in [-0.2, 0) is 19.2 Å². The number of oxazole rings is 1. The number of furan rings is 1. The highest BCUT2D eigenvalue weighted by atomic mass is 19.2. The summed E-state index contributed by atoms with van der Waals surface area (Å²) in [5.74, 6) is -11.7. The molecule has 2 aromatic carbocycles. The minimum absolute atomic E-state index is 0.0386. The van der Waals surface area contributed by atoms with Gasteiger partial charge in [0.05, 0.1) is 17.6 Å². The van der Waals surface area contributed by atoms with Crippen molar-refractivity contribution in [1.29, 1.82) is 0 Å². The quantitative estimate of drug-likeness (QED) is 0.102. The number of ether oxygens (including phenoxy) is 2. The second-order valence-corrected chi connectivity index (χ2v) is 9.50. The molecule has 0 amide bonds. The topological polar surface area (TPSA) is 251 Å². The molecular weight excluding hydrogens is 640 g/mol. The van der Waals surface area contributed by atoms with E-state index >= 15 is 0 Å². The van der Waals surface area contributed by atoms with Crippen molar-refractivity contribution in [3.05, 3.63) is 53.9 Å². The number of aromatic carboxylic acids is 1. The molecule has 19 heteroatoms. The van der Waals surface area contributed by atoms with Gasteiger partial charge in [0.15, 0.2) is 17.3 Å². The highest BCUT2D eigenvalue weighted by Crippen LogP contribution is 2.38. The maximum Gasteiger partial charge on any atom is 0.373 e. The van der Waals surface area contributed by atoms with E-state index in [1.54, 1.807) is 0 Å². The van der Waals surface area contributed by atoms with Crippen LogP contribution in [-0.4, -0.2) is 99.8 Å². The molecule has 0 spiro atoms. The van der Waals surface area contributed by atoms with Gasteiger partial charge in [-0.3, -0.25) is 19.2 Å². The Balaban J connectivity index is 1.66. The largest absolute Gasteiger partial charge is 0.488 e. The number of anilines is 2. The summed E-state index contributed by atoms with van der Waals surface area (Å²) in [5.41, 5.74) is -0.403. The van der Waals surface area contributed by atoms with E-state index in [2.05, 4.69) is 4.98 Å². The lowest BCUT2D eigenvalue weighted by Gasteiger charge is -2.25. The molecule has 0 saturated heterocycles. The first-order valence-electron chi connectivity index (χ1n) is 13.1. The molecule has 2 aromatic heterocycles. The van der Waals surface area contributed by atoms with Crippen LogP contribution in [0.2, 0.25) is 0 Å². The predicted molar refractivity (Wildman–Crippen MR) is 151 cm³/mol. The number of carboxylic acid groups (broad SMARTS) is 5. The Labute approximate surface area is 260 Å². The van der Waals surface area contributed by atoms with Crippen LogP contribution in [0.1, 0.15) is 10.6 Å². The third kappa shape index (κ3) is 8.21. The second kappa shape index (κ2) is 14.1. The van der Waals surface area contributed by atoms with Crippen LogP contribution in [0.5, 0.6) is 11.5 Å². The van der Waals surface area contributed by atoms with Crippen molar-refractivity contribution >= 4 is 52.2 Å². The van der Waals surface area contributed by atoms with Gasteiger partial charge < -0.3 is 53.6 Å². The number of nitrogens with zero attached hydrogens (tertiary/aromatic N) is 3. The zero-order chi connectivity index (χ0) is 34.4. The lowest BCUT2D eigenvalue weighted by molar-refractivity contribution is -0.138. The van der Waals surface area contributed by atoms with Crippen molar-refractivity contribution in [3.63, 3.8) is 0 Å². The highest BCUT2D eigenvalue weighted by Gasteiger charge is 2.25. The second-order valence-electron chi connectivity index (χ2n) is 9.50. The molecule has 2 heterocycles. The fourth-order valence-electron chi connectivity index (χ4n) is 4.32. The van der Waals surface area contributed by atoms with Gasteiger partial charge in [-0.15, -0.1) is 0 Å². The summed E-state index contributed by atoms with van der Waals surface area (Å²) >= 11 is 0. The van der Waals surface area contributed by atoms with E-state index < -0.39 is 92.4 Å². The third-order valence-electron chi connectivity index (χ3n) is 6.13. The summed E-state index contributed by atoms with van der Waals surface area (Å²) in [6.07, 6.45) is 0.946. The van der Waals surface area contributed by atoms with Crippen molar-refractivity contribution in [2.45, 2.75) is 0 Å². The molecule has 0 saturated carbocycles. The van der Waals surface area contributed by atoms with Crippen LogP contribution in [0, 0.1) is 11.6 Å². The van der Waals surface area contributed by atoms with Crippen LogP contribution in [0.15, 0.2) is 45.4 Å². The van der Waals surface area contributed by atoms with E-state index in [1.165, 1.54) is 18.2 Å².